The van der Waals surface area contributed by atoms with Gasteiger partial charge in [0.25, 0.3) is 0 Å². The lowest BCUT2D eigenvalue weighted by Crippen LogP contribution is -2.02. The molecule has 21 aromatic carbocycles. The first-order valence-electron chi connectivity index (χ1n) is 57.6. The Hall–Kier alpha value is -17.4. The number of nitrogens with zero attached hydrogens (tertiary/aromatic N) is 5. The lowest BCUT2D eigenvalue weighted by atomic mass is 9.87. The zero-order chi connectivity index (χ0) is 113. The van der Waals surface area contributed by atoms with Crippen molar-refractivity contribution in [2.45, 2.75) is 0 Å². The van der Waals surface area contributed by atoms with Crippen molar-refractivity contribution in [3.05, 3.63) is 503 Å². The highest BCUT2D eigenvalue weighted by Gasteiger charge is 2.28. The Morgan fingerprint density at radius 3 is 0.687 bits per heavy atom. The molecule has 26 rings (SSSR count). The highest BCUT2D eigenvalue weighted by Crippen LogP contribution is 2.50. The van der Waals surface area contributed by atoms with Crippen LogP contribution in [0.1, 0.15) is 41.1 Å². The minimum Gasteiger partial charge on any atom is -0.309 e. The van der Waals surface area contributed by atoms with Gasteiger partial charge in [-0.3, -0.25) is 0 Å². The minimum absolute atomic E-state index is 0.0254. The molecule has 0 bridgehead atoms. The van der Waals surface area contributed by atoms with Gasteiger partial charge in [0.15, 0.2) is 0 Å². The van der Waals surface area contributed by atoms with Gasteiger partial charge in [-0.1, -0.05) is 375 Å². The van der Waals surface area contributed by atoms with Crippen molar-refractivity contribution in [3.8, 4) is 129 Å². The van der Waals surface area contributed by atoms with E-state index in [2.05, 4.69) is 147 Å². The van der Waals surface area contributed by atoms with Gasteiger partial charge < -0.3 is 22.8 Å². The number of hydrogen-bond donors (Lipinski definition) is 0. The number of fused-ring (bicyclic) bond motifs is 15. The first-order valence-corrected chi connectivity index (χ1v) is 42.6. The predicted octanol–water partition coefficient (Wildman–Crippen LogP) is 33.9. The van der Waals surface area contributed by atoms with E-state index in [1.807, 2.05) is 158 Å². The van der Waals surface area contributed by atoms with Crippen molar-refractivity contribution in [2.24, 2.45) is 0 Å². The van der Waals surface area contributed by atoms with Crippen molar-refractivity contribution in [2.75, 3.05) is 0 Å². The van der Waals surface area contributed by atoms with Gasteiger partial charge in [-0.15, -0.1) is 0 Å². The zero-order valence-corrected chi connectivity index (χ0v) is 69.3. The molecule has 0 saturated heterocycles. The third-order valence-corrected chi connectivity index (χ3v) is 24.8. The van der Waals surface area contributed by atoms with Crippen molar-refractivity contribution in [1.29, 1.82) is 0 Å². The Labute approximate surface area is 800 Å². The van der Waals surface area contributed by atoms with Crippen LogP contribution in [0.15, 0.2) is 503 Å². The maximum Gasteiger partial charge on any atom is 0.0629 e. The van der Waals surface area contributed by atoms with Crippen LogP contribution in [0, 0.1) is 0 Å². The Balaban J connectivity index is 0.000000164. The van der Waals surface area contributed by atoms with Gasteiger partial charge in [0, 0.05) is 93.2 Å². The Kier molecular flexibility index (Phi) is 12.5. The highest BCUT2D eigenvalue weighted by atomic mass is 15.0. The van der Waals surface area contributed by atoms with E-state index in [0.29, 0.717) is 43.6 Å². The van der Waals surface area contributed by atoms with E-state index in [9.17, 15) is 11.0 Å². The maximum absolute atomic E-state index is 9.51. The van der Waals surface area contributed by atoms with E-state index in [1.54, 1.807) is 15.2 Å². The molecule has 0 atom stereocenters. The summed E-state index contributed by atoms with van der Waals surface area (Å²) in [6, 6.07) is 85.0. The van der Waals surface area contributed by atoms with Gasteiger partial charge >= 0.3 is 0 Å². The van der Waals surface area contributed by atoms with Crippen LogP contribution in [0.4, 0.5) is 0 Å². The summed E-state index contributed by atoms with van der Waals surface area (Å²) in [6.45, 7) is 0. The summed E-state index contributed by atoms with van der Waals surface area (Å²) in [5.74, 6) is 0. The number of para-hydroxylation sites is 6. The topological polar surface area (TPSA) is 24.6 Å². The van der Waals surface area contributed by atoms with E-state index in [0.717, 1.165) is 116 Å². The molecule has 131 heavy (non-hydrogen) atoms. The van der Waals surface area contributed by atoms with Crippen molar-refractivity contribution >= 4 is 109 Å². The van der Waals surface area contributed by atoms with Crippen molar-refractivity contribution in [1.82, 2.24) is 22.8 Å². The first kappa shape index (κ1) is 51.3. The summed E-state index contributed by atoms with van der Waals surface area (Å²) in [5, 5.41) is 8.92. The molecule has 26 aromatic rings. The average Bonchev–Trinajstić information content (AvgIpc) is 1.49. The summed E-state index contributed by atoms with van der Waals surface area (Å²) in [7, 11) is 0. The summed E-state index contributed by atoms with van der Waals surface area (Å²) < 4.78 is 280. The monoisotopic (exact) mass is 1700 g/mol. The van der Waals surface area contributed by atoms with Gasteiger partial charge in [-0.25, -0.2) is 0 Å². The van der Waals surface area contributed by atoms with Crippen LogP contribution in [0.25, 0.3) is 238 Å². The normalized spacial score (nSPS) is 14.9. The van der Waals surface area contributed by atoms with Crippen LogP contribution < -0.4 is 0 Å². The van der Waals surface area contributed by atoms with Crippen molar-refractivity contribution < 1.29 is 41.1 Å². The van der Waals surface area contributed by atoms with Crippen LogP contribution in [0.2, 0.25) is 0 Å². The highest BCUT2D eigenvalue weighted by molar-refractivity contribution is 6.18. The third kappa shape index (κ3) is 12.9. The second-order valence-electron chi connectivity index (χ2n) is 31.9. The number of hydrogen-bond acceptors (Lipinski definition) is 0. The van der Waals surface area contributed by atoms with Gasteiger partial charge in [0.1, 0.15) is 0 Å². The molecule has 0 amide bonds. The lowest BCUT2D eigenvalue weighted by molar-refractivity contribution is 1.16. The van der Waals surface area contributed by atoms with E-state index < -0.39 is 181 Å². The second-order valence-corrected chi connectivity index (χ2v) is 31.9. The van der Waals surface area contributed by atoms with Crippen molar-refractivity contribution in [3.63, 3.8) is 0 Å². The van der Waals surface area contributed by atoms with Crippen LogP contribution in [0.3, 0.4) is 0 Å². The molecule has 5 heterocycles. The average molecular weight is 1700 g/mol. The largest absolute Gasteiger partial charge is 0.309 e. The van der Waals surface area contributed by atoms with E-state index in [1.165, 1.54) is 24.3 Å². The predicted molar refractivity (Wildman–Crippen MR) is 554 cm³/mol. The molecule has 0 aliphatic heterocycles. The fraction of sp³-hybridized carbons (Fsp3) is 0. The molecule has 0 spiro atoms. The lowest BCUT2D eigenvalue weighted by Gasteiger charge is -2.21. The summed E-state index contributed by atoms with van der Waals surface area (Å²) in [4.78, 5) is 0. The Morgan fingerprint density at radius 2 is 0.374 bits per heavy atom. The molecule has 0 radical (unpaired) electrons. The maximum atomic E-state index is 9.51. The van der Waals surface area contributed by atoms with Crippen LogP contribution in [-0.4, -0.2) is 22.8 Å². The molecule has 0 aliphatic rings. The van der Waals surface area contributed by atoms with Crippen LogP contribution in [-0.2, 0) is 0 Å². The molecule has 0 N–H and O–H groups in total. The Morgan fingerprint density at radius 1 is 0.137 bits per heavy atom. The van der Waals surface area contributed by atoms with E-state index in [4.69, 9.17) is 30.2 Å². The smallest absolute Gasteiger partial charge is 0.0629 e. The number of aromatic nitrogens is 5. The molecular formula is C126H83N5. The van der Waals surface area contributed by atoms with Crippen LogP contribution in [0.5, 0.6) is 0 Å². The summed E-state index contributed by atoms with van der Waals surface area (Å²) in [5.41, 5.74) is 13.9. The molecule has 0 aliphatic carbocycles. The first-order chi connectivity index (χ1) is 77.5. The summed E-state index contributed by atoms with van der Waals surface area (Å²) >= 11 is 0. The quantitative estimate of drug-likeness (QED) is 0.104. The standard InChI is InChI=1S/C66H44N2.C60H39N3/c1-6-21-45(22-7-1)51-42-57(48-27-12-4-13-28-48)66(58(43-51)49-29-14-5-15-30-49)68-62-36-19-17-32-56(62)60-44-52(38-40-64(60)68)67-61-35-18-16-31-55(61)59-41-50(37-39-63(59)67)65-53(46-23-8-2-9-24-46)33-20-34-54(65)47-25-10-3-11-26-47;1-4-18-40(19-5-1)43-36-50(41-20-6-2-7-21-41)60(51(37-43)42-22-8-3-9-23-42)63-58-34-32-44(61-54-28-14-10-24-46(54)47-25-11-15-29-55(47)61)38-52(58)53-39-45(33-35-59(53)63)62-56-30-16-12-26-48(56)49-27-13-17-31-57(49)62/h1-44H;1-39H/i1D,4D,5D,6D,7D,12D,13D,14D,15D,21D,22D,27D,28D,29D,30D;1D,2D,3D,4D,5D,6D,7D,8D,9D,18D,19D,20D,21D,22D,23D. The zero-order valence-electron chi connectivity index (χ0n) is 99.3. The molecule has 5 aromatic heterocycles. The minimum atomic E-state index is -0.691. The SMILES string of the molecule is [2H]c1c([2H])c([2H])c(-c2cc(-c3c([2H])c([2H])c([2H])c([2H])c3[2H])c(-n3c4ccc(-n5c6ccccc6c6ccccc65)cc4c4cc(-n5c6ccccc6c6ccccc65)ccc43)c(-c3c([2H])c([2H])c([2H])c([2H])c3[2H])c2)c([2H])c1[2H].[2H]c1c([2H])c([2H])c(-c2cc(-c3c([2H])c([2H])c([2H])c([2H])c3[2H])c(-n3c4ccccc4c4cc(-n5c6ccccc6c6cc(-c7c(-c8ccccc8)cccc7-c7ccccc7)ccc65)ccc43)c(-c3c([2H])c([2H])c([2H])c([2H])c3[2H])c2)c([2H])c1[2H]. The molecule has 612 valence electrons. The third-order valence-electron chi connectivity index (χ3n) is 24.8. The van der Waals surface area contributed by atoms with Gasteiger partial charge in [-0.2, -0.15) is 0 Å². The fourth-order valence-corrected chi connectivity index (χ4v) is 19.4. The molecule has 0 saturated carbocycles. The van der Waals surface area contributed by atoms with E-state index in [-0.39, 0.29) is 78.1 Å². The fourth-order valence-electron chi connectivity index (χ4n) is 19.4. The van der Waals surface area contributed by atoms with Gasteiger partial charge in [0.2, 0.25) is 0 Å². The molecule has 5 heteroatoms. The molecular weight excluding hydrogens is 1580 g/mol. The number of rotatable bonds is 14. The van der Waals surface area contributed by atoms with E-state index >= 15 is 0 Å². The second kappa shape index (κ2) is 31.9. The summed E-state index contributed by atoms with van der Waals surface area (Å²) in [6.07, 6.45) is 0. The number of benzene rings is 21. The molecule has 0 unspecified atom stereocenters. The van der Waals surface area contributed by atoms with Gasteiger partial charge in [0.05, 0.1) is 108 Å². The molecule has 0 fully saturated rings. The van der Waals surface area contributed by atoms with Gasteiger partial charge in [-0.05, 0) is 205 Å². The molecule has 5 nitrogen and oxygen atoms in total. The van der Waals surface area contributed by atoms with Crippen LogP contribution >= 0.6 is 0 Å². The Bertz CT molecular complexity index is 10300.